The first-order valence-corrected chi connectivity index (χ1v) is 7.39. The average Bonchev–Trinajstić information content (AvgIpc) is 2.64. The number of rotatable bonds is 6. The number of hydrogen-bond donors (Lipinski definition) is 2. The van der Waals surface area contributed by atoms with Crippen molar-refractivity contribution in [2.24, 2.45) is 5.16 Å². The van der Waals surface area contributed by atoms with Crippen molar-refractivity contribution in [1.82, 2.24) is 15.0 Å². The molecule has 0 aliphatic rings. The van der Waals surface area contributed by atoms with Gasteiger partial charge < -0.3 is 20.6 Å². The van der Waals surface area contributed by atoms with Crippen LogP contribution in [0.25, 0.3) is 0 Å². The largest absolute Gasteiger partial charge is 0.439 e. The van der Waals surface area contributed by atoms with Crippen LogP contribution in [0.1, 0.15) is 5.56 Å². The van der Waals surface area contributed by atoms with Gasteiger partial charge in [0.05, 0.1) is 23.7 Å². The van der Waals surface area contributed by atoms with E-state index in [0.29, 0.717) is 22.9 Å². The van der Waals surface area contributed by atoms with E-state index in [1.165, 1.54) is 19.7 Å². The zero-order valence-corrected chi connectivity index (χ0v) is 13.5. The summed E-state index contributed by atoms with van der Waals surface area (Å²) in [4.78, 5) is 17.1. The van der Waals surface area contributed by atoms with E-state index in [4.69, 9.17) is 10.5 Å². The maximum atomic E-state index is 5.85. The molecule has 3 rings (SSSR count). The van der Waals surface area contributed by atoms with Crippen LogP contribution in [0.2, 0.25) is 0 Å². The van der Waals surface area contributed by atoms with E-state index in [1.807, 2.05) is 36.4 Å². The van der Waals surface area contributed by atoms with E-state index >= 15 is 0 Å². The second-order valence-electron chi connectivity index (χ2n) is 4.86. The summed E-state index contributed by atoms with van der Waals surface area (Å²) < 4.78 is 5.66. The molecule has 3 aromatic rings. The SMILES string of the molecule is CON=Cc1c(N)ncnc1Nc1ccc(Oc2ccccc2)nc1. The number of nitrogens with zero attached hydrogens (tertiary/aromatic N) is 4. The molecule has 2 heterocycles. The van der Waals surface area contributed by atoms with E-state index in [-0.39, 0.29) is 5.82 Å². The van der Waals surface area contributed by atoms with Crippen LogP contribution < -0.4 is 15.8 Å². The van der Waals surface area contributed by atoms with Gasteiger partial charge in [-0.3, -0.25) is 0 Å². The van der Waals surface area contributed by atoms with Gasteiger partial charge >= 0.3 is 0 Å². The molecule has 0 radical (unpaired) electrons. The first-order valence-electron chi connectivity index (χ1n) is 7.39. The standard InChI is InChI=1S/C17H16N6O2/c1-24-22-10-14-16(18)20-11-21-17(14)23-12-7-8-15(19-9-12)25-13-5-3-2-4-6-13/h2-11H,1H3,(H3,18,20,21,23). The number of para-hydroxylation sites is 1. The summed E-state index contributed by atoms with van der Waals surface area (Å²) in [5.74, 6) is 1.99. The van der Waals surface area contributed by atoms with Gasteiger partial charge in [-0.2, -0.15) is 0 Å². The molecule has 0 fully saturated rings. The Hall–Kier alpha value is -3.68. The molecule has 3 N–H and O–H groups in total. The van der Waals surface area contributed by atoms with Crippen molar-refractivity contribution < 1.29 is 9.57 Å². The Kier molecular flexibility index (Phi) is 5.01. The van der Waals surface area contributed by atoms with Gasteiger partial charge in [-0.15, -0.1) is 0 Å². The topological polar surface area (TPSA) is 108 Å². The summed E-state index contributed by atoms with van der Waals surface area (Å²) >= 11 is 0. The highest BCUT2D eigenvalue weighted by Crippen LogP contribution is 2.23. The molecule has 0 saturated heterocycles. The summed E-state index contributed by atoms with van der Waals surface area (Å²) in [6, 6.07) is 13.0. The smallest absolute Gasteiger partial charge is 0.219 e. The van der Waals surface area contributed by atoms with Crippen molar-refractivity contribution in [3.63, 3.8) is 0 Å². The van der Waals surface area contributed by atoms with E-state index in [0.717, 1.165) is 5.75 Å². The van der Waals surface area contributed by atoms with Crippen molar-refractivity contribution in [1.29, 1.82) is 0 Å². The third kappa shape index (κ3) is 4.20. The molecule has 0 spiro atoms. The number of nitrogens with two attached hydrogens (primary N) is 1. The van der Waals surface area contributed by atoms with Crippen LogP contribution in [0.4, 0.5) is 17.3 Å². The third-order valence-corrected chi connectivity index (χ3v) is 3.17. The fraction of sp³-hybridized carbons (Fsp3) is 0.0588. The number of ether oxygens (including phenoxy) is 1. The Morgan fingerprint density at radius 1 is 1.08 bits per heavy atom. The van der Waals surface area contributed by atoms with Crippen LogP contribution in [-0.4, -0.2) is 28.3 Å². The molecule has 8 heteroatoms. The summed E-state index contributed by atoms with van der Waals surface area (Å²) in [6.07, 6.45) is 4.44. The number of nitrogen functional groups attached to an aromatic ring is 1. The van der Waals surface area contributed by atoms with Crippen molar-refractivity contribution in [3.05, 3.63) is 60.6 Å². The molecule has 25 heavy (non-hydrogen) atoms. The van der Waals surface area contributed by atoms with Gasteiger partial charge in [0.15, 0.2) is 0 Å². The maximum Gasteiger partial charge on any atom is 0.219 e. The summed E-state index contributed by atoms with van der Waals surface area (Å²) in [5, 5.41) is 6.82. The molecule has 2 aromatic heterocycles. The van der Waals surface area contributed by atoms with Gasteiger partial charge in [-0.05, 0) is 18.2 Å². The Labute approximate surface area is 144 Å². The highest BCUT2D eigenvalue weighted by Gasteiger charge is 2.08. The van der Waals surface area contributed by atoms with Crippen molar-refractivity contribution in [2.45, 2.75) is 0 Å². The zero-order valence-electron chi connectivity index (χ0n) is 13.5. The molecule has 0 amide bonds. The highest BCUT2D eigenvalue weighted by atomic mass is 16.6. The molecule has 126 valence electrons. The molecular formula is C17H16N6O2. The van der Waals surface area contributed by atoms with Gasteiger partial charge in [0.25, 0.3) is 0 Å². The van der Waals surface area contributed by atoms with Gasteiger partial charge in [-0.1, -0.05) is 23.4 Å². The van der Waals surface area contributed by atoms with Gasteiger partial charge in [0.1, 0.15) is 30.8 Å². The van der Waals surface area contributed by atoms with Crippen LogP contribution in [0.5, 0.6) is 11.6 Å². The first-order chi connectivity index (χ1) is 12.3. The van der Waals surface area contributed by atoms with E-state index in [9.17, 15) is 0 Å². The number of benzene rings is 1. The maximum absolute atomic E-state index is 5.85. The van der Waals surface area contributed by atoms with Crippen LogP contribution in [0.15, 0.2) is 60.1 Å². The van der Waals surface area contributed by atoms with Crippen molar-refractivity contribution >= 4 is 23.5 Å². The Balaban J connectivity index is 1.76. The van der Waals surface area contributed by atoms with Crippen LogP contribution >= 0.6 is 0 Å². The quantitative estimate of drug-likeness (QED) is 0.526. The number of oxime groups is 1. The molecule has 0 atom stereocenters. The predicted octanol–water partition coefficient (Wildman–Crippen LogP) is 2.97. The van der Waals surface area contributed by atoms with Crippen LogP contribution in [-0.2, 0) is 4.84 Å². The first kappa shape index (κ1) is 16.2. The van der Waals surface area contributed by atoms with Crippen LogP contribution in [0, 0.1) is 0 Å². The average molecular weight is 336 g/mol. The van der Waals surface area contributed by atoms with E-state index < -0.39 is 0 Å². The minimum absolute atomic E-state index is 0.287. The molecule has 0 aliphatic carbocycles. The minimum Gasteiger partial charge on any atom is -0.439 e. The molecule has 0 bridgehead atoms. The minimum atomic E-state index is 0.287. The fourth-order valence-electron chi connectivity index (χ4n) is 2.00. The molecular weight excluding hydrogens is 320 g/mol. The lowest BCUT2D eigenvalue weighted by Gasteiger charge is -2.10. The number of pyridine rings is 1. The lowest BCUT2D eigenvalue weighted by molar-refractivity contribution is 0.215. The summed E-state index contributed by atoms with van der Waals surface area (Å²) in [5.41, 5.74) is 7.09. The molecule has 8 nitrogen and oxygen atoms in total. The van der Waals surface area contributed by atoms with Crippen molar-refractivity contribution in [3.8, 4) is 11.6 Å². The zero-order chi connectivity index (χ0) is 17.5. The predicted molar refractivity (Wildman–Crippen MR) is 95.1 cm³/mol. The highest BCUT2D eigenvalue weighted by molar-refractivity contribution is 5.92. The fourth-order valence-corrected chi connectivity index (χ4v) is 2.00. The Morgan fingerprint density at radius 3 is 2.64 bits per heavy atom. The van der Waals surface area contributed by atoms with Crippen molar-refractivity contribution in [2.75, 3.05) is 18.2 Å². The molecule has 0 unspecified atom stereocenters. The summed E-state index contributed by atoms with van der Waals surface area (Å²) in [7, 11) is 1.44. The van der Waals surface area contributed by atoms with E-state index in [1.54, 1.807) is 12.3 Å². The number of hydrogen-bond acceptors (Lipinski definition) is 8. The van der Waals surface area contributed by atoms with Gasteiger partial charge in [0.2, 0.25) is 5.88 Å². The third-order valence-electron chi connectivity index (χ3n) is 3.17. The van der Waals surface area contributed by atoms with E-state index in [2.05, 4.69) is 30.3 Å². The number of anilines is 3. The summed E-state index contributed by atoms with van der Waals surface area (Å²) in [6.45, 7) is 0. The number of aromatic nitrogens is 3. The molecule has 0 saturated carbocycles. The normalized spacial score (nSPS) is 10.6. The van der Waals surface area contributed by atoms with Crippen LogP contribution in [0.3, 0.4) is 0 Å². The molecule has 1 aromatic carbocycles. The molecule has 0 aliphatic heterocycles. The number of nitrogens with one attached hydrogen (secondary N) is 1. The van der Waals surface area contributed by atoms with Gasteiger partial charge in [-0.25, -0.2) is 15.0 Å². The van der Waals surface area contributed by atoms with Gasteiger partial charge in [0, 0.05) is 6.07 Å². The lowest BCUT2D eigenvalue weighted by Crippen LogP contribution is -2.05. The Bertz CT molecular complexity index is 853. The lowest BCUT2D eigenvalue weighted by atomic mass is 10.3. The second-order valence-corrected chi connectivity index (χ2v) is 4.86. The Morgan fingerprint density at radius 2 is 1.92 bits per heavy atom. The second kappa shape index (κ2) is 7.73. The monoisotopic (exact) mass is 336 g/mol.